The van der Waals surface area contributed by atoms with Gasteiger partial charge in [0.2, 0.25) is 0 Å². The molecule has 0 aliphatic rings. The topological polar surface area (TPSA) is 62.2 Å². The van der Waals surface area contributed by atoms with E-state index in [2.05, 4.69) is 10.3 Å². The molecule has 0 aliphatic carbocycles. The molecule has 0 saturated carbocycles. The Morgan fingerprint density at radius 2 is 2.37 bits per heavy atom. The van der Waals surface area contributed by atoms with E-state index >= 15 is 0 Å². The van der Waals surface area contributed by atoms with Crippen molar-refractivity contribution < 1.29 is 9.90 Å². The zero-order chi connectivity index (χ0) is 13.8. The van der Waals surface area contributed by atoms with Crippen molar-refractivity contribution in [2.75, 3.05) is 6.54 Å². The number of carboxylic acids is 1. The molecule has 4 nitrogen and oxygen atoms in total. The minimum absolute atomic E-state index is 0.171. The van der Waals surface area contributed by atoms with Crippen molar-refractivity contribution in [3.63, 3.8) is 0 Å². The summed E-state index contributed by atoms with van der Waals surface area (Å²) in [4.78, 5) is 16.9. The molecular weight excluding hydrogens is 304 g/mol. The number of halogens is 1. The Hall–Kier alpha value is -0.950. The fourth-order valence-corrected chi connectivity index (χ4v) is 3.58. The Bertz CT molecular complexity index is 580. The van der Waals surface area contributed by atoms with Gasteiger partial charge in [-0.25, -0.2) is 9.78 Å². The van der Waals surface area contributed by atoms with Crippen LogP contribution in [0.4, 0.5) is 0 Å². The van der Waals surface area contributed by atoms with Crippen LogP contribution in [0.1, 0.15) is 25.3 Å². The largest absolute Gasteiger partial charge is 0.476 e. The lowest BCUT2D eigenvalue weighted by atomic mass is 10.4. The smallest absolute Gasteiger partial charge is 0.355 e. The first kappa shape index (κ1) is 14.5. The third-order valence-corrected chi connectivity index (χ3v) is 4.79. The van der Waals surface area contributed by atoms with Gasteiger partial charge in [0.1, 0.15) is 0 Å². The molecule has 0 radical (unpaired) electrons. The van der Waals surface area contributed by atoms with Crippen molar-refractivity contribution >= 4 is 40.2 Å². The molecule has 7 heteroatoms. The molecule has 0 spiro atoms. The zero-order valence-electron chi connectivity index (χ0n) is 10.3. The highest BCUT2D eigenvalue weighted by molar-refractivity contribution is 7.11. The summed E-state index contributed by atoms with van der Waals surface area (Å²) in [5, 5.41) is 15.7. The van der Waals surface area contributed by atoms with E-state index in [1.165, 1.54) is 16.2 Å². The maximum absolute atomic E-state index is 10.9. The second kappa shape index (κ2) is 6.47. The molecule has 0 unspecified atom stereocenters. The van der Waals surface area contributed by atoms with Gasteiger partial charge in [-0.05, 0) is 13.0 Å². The fraction of sp³-hybridized carbons (Fsp3) is 0.333. The zero-order valence-corrected chi connectivity index (χ0v) is 12.7. The molecule has 0 saturated heterocycles. The number of aryl methyl sites for hydroxylation is 1. The molecule has 19 heavy (non-hydrogen) atoms. The molecule has 2 aromatic heterocycles. The number of nitrogens with one attached hydrogen (secondary N) is 1. The van der Waals surface area contributed by atoms with Crippen LogP contribution >= 0.6 is 34.3 Å². The maximum Gasteiger partial charge on any atom is 0.355 e. The van der Waals surface area contributed by atoms with E-state index in [1.54, 1.807) is 18.3 Å². The van der Waals surface area contributed by atoms with Crippen molar-refractivity contribution in [3.05, 3.63) is 36.9 Å². The molecule has 0 amide bonds. The Kier molecular flexibility index (Phi) is 4.93. The van der Waals surface area contributed by atoms with Crippen molar-refractivity contribution in [1.29, 1.82) is 0 Å². The standard InChI is InChI=1S/C12H13ClN2O2S2/c1-7-11(12(16)17)15-10(19-7)2-3-14-5-9-4-8(13)6-18-9/h4,6,14H,2-3,5H2,1H3,(H,16,17). The molecule has 0 bridgehead atoms. The summed E-state index contributed by atoms with van der Waals surface area (Å²) in [5.41, 5.74) is 0.171. The van der Waals surface area contributed by atoms with Crippen LogP contribution in [0.2, 0.25) is 5.02 Å². The second-order valence-corrected chi connectivity index (χ2v) is 6.70. The van der Waals surface area contributed by atoms with E-state index in [9.17, 15) is 4.79 Å². The Morgan fingerprint density at radius 3 is 2.95 bits per heavy atom. The normalized spacial score (nSPS) is 10.8. The van der Waals surface area contributed by atoms with Crippen LogP contribution in [-0.2, 0) is 13.0 Å². The molecule has 0 fully saturated rings. The van der Waals surface area contributed by atoms with Gasteiger partial charge in [0.25, 0.3) is 0 Å². The number of hydrogen-bond donors (Lipinski definition) is 2. The summed E-state index contributed by atoms with van der Waals surface area (Å²) in [6, 6.07) is 1.94. The Balaban J connectivity index is 1.79. The monoisotopic (exact) mass is 316 g/mol. The third-order valence-electron chi connectivity index (χ3n) is 2.48. The number of thiophene rings is 1. The van der Waals surface area contributed by atoms with Crippen LogP contribution in [0.25, 0.3) is 0 Å². The molecule has 0 atom stereocenters. The highest BCUT2D eigenvalue weighted by Crippen LogP contribution is 2.19. The minimum Gasteiger partial charge on any atom is -0.476 e. The summed E-state index contributed by atoms with van der Waals surface area (Å²) >= 11 is 8.90. The molecule has 2 aromatic rings. The van der Waals surface area contributed by atoms with Crippen LogP contribution in [0.3, 0.4) is 0 Å². The number of thiazole rings is 1. The highest BCUT2D eigenvalue weighted by atomic mass is 35.5. The van der Waals surface area contributed by atoms with Crippen molar-refractivity contribution in [2.45, 2.75) is 19.9 Å². The van der Waals surface area contributed by atoms with Crippen LogP contribution in [-0.4, -0.2) is 22.6 Å². The number of rotatable bonds is 6. The van der Waals surface area contributed by atoms with Gasteiger partial charge in [-0.2, -0.15) is 0 Å². The predicted molar refractivity (Wildman–Crippen MR) is 78.6 cm³/mol. The summed E-state index contributed by atoms with van der Waals surface area (Å²) in [6.45, 7) is 3.32. The first-order chi connectivity index (χ1) is 9.06. The fourth-order valence-electron chi connectivity index (χ4n) is 1.61. The maximum atomic E-state index is 10.9. The van der Waals surface area contributed by atoms with Gasteiger partial charge in [-0.3, -0.25) is 0 Å². The summed E-state index contributed by atoms with van der Waals surface area (Å²) in [6.07, 6.45) is 0.734. The number of aromatic nitrogens is 1. The first-order valence-corrected chi connectivity index (χ1v) is 7.77. The SMILES string of the molecule is Cc1sc(CCNCc2cc(Cl)cs2)nc1C(=O)O. The molecule has 2 heterocycles. The van der Waals surface area contributed by atoms with Gasteiger partial charge in [-0.15, -0.1) is 22.7 Å². The average Bonchev–Trinajstić information content (AvgIpc) is 2.91. The van der Waals surface area contributed by atoms with Gasteiger partial charge in [0.15, 0.2) is 5.69 Å². The lowest BCUT2D eigenvalue weighted by molar-refractivity contribution is 0.0690. The third kappa shape index (κ3) is 4.01. The molecular formula is C12H13ClN2O2S2. The van der Waals surface area contributed by atoms with Gasteiger partial charge < -0.3 is 10.4 Å². The second-order valence-electron chi connectivity index (χ2n) is 3.98. The Morgan fingerprint density at radius 1 is 1.58 bits per heavy atom. The van der Waals surface area contributed by atoms with E-state index < -0.39 is 5.97 Å². The number of carboxylic acid groups (broad SMARTS) is 1. The van der Waals surface area contributed by atoms with Crippen molar-refractivity contribution in [2.24, 2.45) is 0 Å². The lowest BCUT2D eigenvalue weighted by Gasteiger charge is -2.00. The van der Waals surface area contributed by atoms with Crippen LogP contribution in [0.5, 0.6) is 0 Å². The van der Waals surface area contributed by atoms with E-state index in [0.29, 0.717) is 0 Å². The molecule has 102 valence electrons. The quantitative estimate of drug-likeness (QED) is 0.803. The van der Waals surface area contributed by atoms with Gasteiger partial charge in [0.05, 0.1) is 10.0 Å². The van der Waals surface area contributed by atoms with Crippen LogP contribution in [0, 0.1) is 6.92 Å². The summed E-state index contributed by atoms with van der Waals surface area (Å²) in [7, 11) is 0. The average molecular weight is 317 g/mol. The van der Waals surface area contributed by atoms with Crippen molar-refractivity contribution in [3.8, 4) is 0 Å². The van der Waals surface area contributed by atoms with Crippen molar-refractivity contribution in [1.82, 2.24) is 10.3 Å². The first-order valence-electron chi connectivity index (χ1n) is 5.69. The van der Waals surface area contributed by atoms with Gasteiger partial charge in [-0.1, -0.05) is 11.6 Å². The van der Waals surface area contributed by atoms with Crippen LogP contribution in [0.15, 0.2) is 11.4 Å². The minimum atomic E-state index is -0.957. The number of carbonyl (C=O) groups is 1. The van der Waals surface area contributed by atoms with E-state index in [1.807, 2.05) is 11.4 Å². The van der Waals surface area contributed by atoms with Crippen LogP contribution < -0.4 is 5.32 Å². The molecule has 2 rings (SSSR count). The van der Waals surface area contributed by atoms with E-state index in [0.717, 1.165) is 34.4 Å². The van der Waals surface area contributed by atoms with E-state index in [4.69, 9.17) is 16.7 Å². The van der Waals surface area contributed by atoms with Gasteiger partial charge in [0, 0.05) is 34.6 Å². The number of hydrogen-bond acceptors (Lipinski definition) is 5. The number of aromatic carboxylic acids is 1. The lowest BCUT2D eigenvalue weighted by Crippen LogP contribution is -2.16. The summed E-state index contributed by atoms with van der Waals surface area (Å²) in [5.74, 6) is -0.957. The van der Waals surface area contributed by atoms with E-state index in [-0.39, 0.29) is 5.69 Å². The predicted octanol–water partition coefficient (Wildman–Crippen LogP) is 3.20. The molecule has 2 N–H and O–H groups in total. The van der Waals surface area contributed by atoms with Gasteiger partial charge >= 0.3 is 5.97 Å². The highest BCUT2D eigenvalue weighted by Gasteiger charge is 2.13. The summed E-state index contributed by atoms with van der Waals surface area (Å²) < 4.78 is 0. The number of nitrogens with zero attached hydrogens (tertiary/aromatic N) is 1. The molecule has 0 aliphatic heterocycles. The molecule has 0 aromatic carbocycles. The Labute approximate surface area is 124 Å².